The van der Waals surface area contributed by atoms with Crippen LogP contribution in [0.15, 0.2) is 36.4 Å². The summed E-state index contributed by atoms with van der Waals surface area (Å²) in [5.41, 5.74) is 3.32. The van der Waals surface area contributed by atoms with Gasteiger partial charge in [0, 0.05) is 12.1 Å². The molecule has 0 aliphatic carbocycles. The van der Waals surface area contributed by atoms with Gasteiger partial charge in [-0.2, -0.15) is 0 Å². The van der Waals surface area contributed by atoms with Gasteiger partial charge in [0.2, 0.25) is 0 Å². The van der Waals surface area contributed by atoms with Gasteiger partial charge in [-0.25, -0.2) is 0 Å². The van der Waals surface area contributed by atoms with Gasteiger partial charge in [-0.15, -0.1) is 0 Å². The van der Waals surface area contributed by atoms with Crippen LogP contribution in [0.5, 0.6) is 11.5 Å². The third-order valence-corrected chi connectivity index (χ3v) is 4.41. The average molecular weight is 356 g/mol. The molecule has 0 radical (unpaired) electrons. The number of rotatable bonds is 7. The third kappa shape index (κ3) is 4.33. The lowest BCUT2D eigenvalue weighted by atomic mass is 10.0. The van der Waals surface area contributed by atoms with Gasteiger partial charge in [-0.05, 0) is 44.0 Å². The van der Waals surface area contributed by atoms with E-state index in [0.717, 1.165) is 19.4 Å². The zero-order chi connectivity index (χ0) is 18.5. The molecule has 1 amide bonds. The van der Waals surface area contributed by atoms with Crippen molar-refractivity contribution in [3.8, 4) is 11.5 Å². The molecule has 6 heteroatoms. The fourth-order valence-electron chi connectivity index (χ4n) is 2.96. The molecule has 0 saturated heterocycles. The summed E-state index contributed by atoms with van der Waals surface area (Å²) in [6.07, 6.45) is 1.15. The lowest BCUT2D eigenvalue weighted by Gasteiger charge is -2.23. The molecule has 26 heavy (non-hydrogen) atoms. The number of aliphatic hydroxyl groups excluding tert-OH is 1. The molecule has 0 saturated carbocycles. The largest absolute Gasteiger partial charge is 0.506 e. The number of ether oxygens (including phenoxy) is 1. The maximum Gasteiger partial charge on any atom is 0.262 e. The Morgan fingerprint density at radius 2 is 2.00 bits per heavy atom. The summed E-state index contributed by atoms with van der Waals surface area (Å²) in [6, 6.07) is 11.6. The second-order valence-electron chi connectivity index (χ2n) is 6.52. The van der Waals surface area contributed by atoms with Crippen molar-refractivity contribution in [2.24, 2.45) is 0 Å². The lowest BCUT2D eigenvalue weighted by molar-refractivity contribution is -0.118. The molecule has 6 nitrogen and oxygen atoms in total. The number of fused-ring (bicyclic) bond motifs is 1. The first-order valence-corrected chi connectivity index (χ1v) is 8.77. The van der Waals surface area contributed by atoms with Crippen molar-refractivity contribution in [3.63, 3.8) is 0 Å². The van der Waals surface area contributed by atoms with E-state index in [4.69, 9.17) is 4.74 Å². The van der Waals surface area contributed by atoms with E-state index in [1.54, 1.807) is 6.07 Å². The second-order valence-corrected chi connectivity index (χ2v) is 6.52. The normalized spacial score (nSPS) is 14.3. The molecule has 0 bridgehead atoms. The molecule has 2 aromatic rings. The van der Waals surface area contributed by atoms with E-state index in [1.165, 1.54) is 17.2 Å². The lowest BCUT2D eigenvalue weighted by Crippen LogP contribution is -2.28. The Kier molecular flexibility index (Phi) is 5.75. The molecule has 0 aromatic heterocycles. The molecule has 2 aromatic carbocycles. The Hall–Kier alpha value is -2.57. The highest BCUT2D eigenvalue weighted by molar-refractivity contribution is 5.97. The number of anilines is 1. The van der Waals surface area contributed by atoms with E-state index >= 15 is 0 Å². The van der Waals surface area contributed by atoms with Gasteiger partial charge in [0.05, 0.1) is 6.10 Å². The Balaban J connectivity index is 1.51. The van der Waals surface area contributed by atoms with Gasteiger partial charge in [0.1, 0.15) is 11.4 Å². The SMILES string of the molecule is Cc1ccc(CCCNCC(O)c2ccc(O)c3c2OCC(=O)N3)cc1. The quantitative estimate of drug-likeness (QED) is 0.451. The summed E-state index contributed by atoms with van der Waals surface area (Å²) < 4.78 is 5.40. The zero-order valence-corrected chi connectivity index (χ0v) is 14.8. The first kappa shape index (κ1) is 18.2. The fraction of sp³-hybridized carbons (Fsp3) is 0.350. The number of hydrogen-bond acceptors (Lipinski definition) is 5. The van der Waals surface area contributed by atoms with Crippen molar-refractivity contribution in [2.75, 3.05) is 25.0 Å². The number of benzene rings is 2. The topological polar surface area (TPSA) is 90.8 Å². The maximum atomic E-state index is 11.4. The van der Waals surface area contributed by atoms with Gasteiger partial charge in [0.15, 0.2) is 12.4 Å². The number of hydrogen-bond donors (Lipinski definition) is 4. The van der Waals surface area contributed by atoms with Crippen LogP contribution in [0, 0.1) is 6.92 Å². The molecule has 1 heterocycles. The highest BCUT2D eigenvalue weighted by atomic mass is 16.5. The van der Waals surface area contributed by atoms with Crippen LogP contribution in [0.1, 0.15) is 29.2 Å². The summed E-state index contributed by atoms with van der Waals surface area (Å²) in [5, 5.41) is 26.1. The van der Waals surface area contributed by atoms with Crippen molar-refractivity contribution in [2.45, 2.75) is 25.9 Å². The van der Waals surface area contributed by atoms with E-state index in [9.17, 15) is 15.0 Å². The van der Waals surface area contributed by atoms with Gasteiger partial charge in [-0.1, -0.05) is 29.8 Å². The summed E-state index contributed by atoms with van der Waals surface area (Å²) in [6.45, 7) is 3.09. The minimum atomic E-state index is -0.793. The molecule has 3 rings (SSSR count). The maximum absolute atomic E-state index is 11.4. The number of phenols is 1. The number of aliphatic hydroxyl groups is 1. The standard InChI is InChI=1S/C20H24N2O4/c1-13-4-6-14(7-5-13)3-2-10-21-11-17(24)15-8-9-16(23)19-20(15)26-12-18(25)22-19/h4-9,17,21,23-24H,2-3,10-12H2,1H3,(H,22,25). The average Bonchev–Trinajstić information content (AvgIpc) is 2.63. The molecule has 1 atom stereocenters. The predicted octanol–water partition coefficient (Wildman–Crippen LogP) is 2.29. The summed E-state index contributed by atoms with van der Waals surface area (Å²) in [7, 11) is 0. The number of aromatic hydroxyl groups is 1. The molecular weight excluding hydrogens is 332 g/mol. The number of phenolic OH excluding ortho intramolecular Hbond substituents is 1. The molecule has 1 aliphatic rings. The minimum Gasteiger partial charge on any atom is -0.506 e. The number of nitrogens with one attached hydrogen (secondary N) is 2. The molecule has 0 spiro atoms. The Morgan fingerprint density at radius 3 is 2.77 bits per heavy atom. The van der Waals surface area contributed by atoms with E-state index in [-0.39, 0.29) is 24.0 Å². The van der Waals surface area contributed by atoms with E-state index < -0.39 is 6.10 Å². The molecule has 0 fully saturated rings. The first-order valence-electron chi connectivity index (χ1n) is 8.77. The van der Waals surface area contributed by atoms with Gasteiger partial charge < -0.3 is 25.6 Å². The summed E-state index contributed by atoms with van der Waals surface area (Å²) in [4.78, 5) is 11.4. The Bertz CT molecular complexity index is 774. The molecule has 4 N–H and O–H groups in total. The van der Waals surface area contributed by atoms with Gasteiger partial charge >= 0.3 is 0 Å². The molecule has 1 unspecified atom stereocenters. The van der Waals surface area contributed by atoms with Crippen molar-refractivity contribution >= 4 is 11.6 Å². The zero-order valence-electron chi connectivity index (χ0n) is 14.8. The molecular formula is C20H24N2O4. The van der Waals surface area contributed by atoms with Crippen LogP contribution in [-0.4, -0.2) is 35.8 Å². The van der Waals surface area contributed by atoms with Crippen LogP contribution in [0.2, 0.25) is 0 Å². The molecule has 1 aliphatic heterocycles. The van der Waals surface area contributed by atoms with Crippen LogP contribution < -0.4 is 15.4 Å². The van der Waals surface area contributed by atoms with Crippen LogP contribution in [0.3, 0.4) is 0 Å². The smallest absolute Gasteiger partial charge is 0.262 e. The van der Waals surface area contributed by atoms with E-state index in [1.807, 2.05) is 0 Å². The summed E-state index contributed by atoms with van der Waals surface area (Å²) in [5.74, 6) is -0.0673. The minimum absolute atomic E-state index is 0.0740. The first-order chi connectivity index (χ1) is 12.5. The fourth-order valence-corrected chi connectivity index (χ4v) is 2.96. The van der Waals surface area contributed by atoms with Gasteiger partial charge in [0.25, 0.3) is 5.91 Å². The van der Waals surface area contributed by atoms with E-state index in [0.29, 0.717) is 17.9 Å². The van der Waals surface area contributed by atoms with Crippen LogP contribution in [0.4, 0.5) is 5.69 Å². The summed E-state index contributed by atoms with van der Waals surface area (Å²) >= 11 is 0. The van der Waals surface area contributed by atoms with Crippen molar-refractivity contribution in [3.05, 3.63) is 53.1 Å². The van der Waals surface area contributed by atoms with E-state index in [2.05, 4.69) is 41.8 Å². The van der Waals surface area contributed by atoms with Crippen molar-refractivity contribution in [1.29, 1.82) is 0 Å². The predicted molar refractivity (Wildman–Crippen MR) is 99.6 cm³/mol. The van der Waals surface area contributed by atoms with Crippen molar-refractivity contribution < 1.29 is 19.7 Å². The highest BCUT2D eigenvalue weighted by Gasteiger charge is 2.25. The van der Waals surface area contributed by atoms with Crippen LogP contribution in [0.25, 0.3) is 0 Å². The second kappa shape index (κ2) is 8.21. The van der Waals surface area contributed by atoms with Crippen molar-refractivity contribution in [1.82, 2.24) is 5.32 Å². The Labute approximate surface area is 152 Å². The van der Waals surface area contributed by atoms with Crippen LogP contribution in [-0.2, 0) is 11.2 Å². The van der Waals surface area contributed by atoms with Crippen LogP contribution >= 0.6 is 0 Å². The molecule has 138 valence electrons. The number of carbonyl (C=O) groups is 1. The Morgan fingerprint density at radius 1 is 1.23 bits per heavy atom. The number of aryl methyl sites for hydroxylation is 2. The third-order valence-electron chi connectivity index (χ3n) is 4.41. The number of amides is 1. The van der Waals surface area contributed by atoms with Gasteiger partial charge in [-0.3, -0.25) is 4.79 Å². The monoisotopic (exact) mass is 356 g/mol. The highest BCUT2D eigenvalue weighted by Crippen LogP contribution is 2.41. The number of carbonyl (C=O) groups excluding carboxylic acids is 1.